The van der Waals surface area contributed by atoms with Crippen LogP contribution in [0.25, 0.3) is 44.6 Å². The predicted octanol–water partition coefficient (Wildman–Crippen LogP) is 5.22. The number of hydrogen-bond donors (Lipinski definition) is 1. The number of nitrogens with two attached hydrogens (primary N) is 1. The lowest BCUT2D eigenvalue weighted by Crippen LogP contribution is -1.99. The Bertz CT molecular complexity index is 1460. The third kappa shape index (κ3) is 3.68. The zero-order chi connectivity index (χ0) is 21.5. The first-order valence-electron chi connectivity index (χ1n) is 9.85. The largest absolute Gasteiger partial charge is 0.398 e. The lowest BCUT2D eigenvalue weighted by molar-refractivity contribution is 0.923. The molecular weight excluding hydrogens is 404 g/mol. The molecule has 0 saturated heterocycles. The van der Waals surface area contributed by atoms with Gasteiger partial charge in [-0.15, -0.1) is 0 Å². The minimum atomic E-state index is 0.610. The summed E-state index contributed by atoms with van der Waals surface area (Å²) < 4.78 is 0. The van der Waals surface area contributed by atoms with E-state index in [9.17, 15) is 0 Å². The van der Waals surface area contributed by atoms with Gasteiger partial charge in [-0.05, 0) is 68.6 Å². The van der Waals surface area contributed by atoms with Crippen molar-refractivity contribution in [1.29, 1.82) is 0 Å². The number of pyridine rings is 2. The van der Waals surface area contributed by atoms with Crippen LogP contribution >= 0.6 is 11.8 Å². The van der Waals surface area contributed by atoms with Crippen molar-refractivity contribution in [1.82, 2.24) is 24.9 Å². The van der Waals surface area contributed by atoms with E-state index in [0.717, 1.165) is 44.3 Å². The highest BCUT2D eigenvalue weighted by atomic mass is 32.2. The first-order valence-corrected chi connectivity index (χ1v) is 11.1. The molecule has 5 aromatic rings. The Kier molecular flexibility index (Phi) is 4.75. The smallest absolute Gasteiger partial charge is 0.191 e. The second-order valence-electron chi connectivity index (χ2n) is 7.41. The standard InChI is InChI=1S/C24H20N6S/c1-13-4-5-15-11-16(6-8-20(15)26-13)22-28-23(30-24(29-22)31-3)17-7-9-21-18(12-17)19(25)10-14(2)27-21/h4-12H,1-3H3,(H2,25,27). The molecule has 0 saturated carbocycles. The molecule has 2 aromatic carbocycles. The maximum Gasteiger partial charge on any atom is 0.191 e. The maximum absolute atomic E-state index is 6.24. The molecule has 0 atom stereocenters. The fourth-order valence-electron chi connectivity index (χ4n) is 3.60. The van der Waals surface area contributed by atoms with Gasteiger partial charge < -0.3 is 5.73 Å². The summed E-state index contributed by atoms with van der Waals surface area (Å²) in [6, 6.07) is 18.0. The zero-order valence-electron chi connectivity index (χ0n) is 17.4. The number of rotatable bonds is 3. The molecular formula is C24H20N6S. The van der Waals surface area contributed by atoms with Gasteiger partial charge >= 0.3 is 0 Å². The molecule has 152 valence electrons. The molecule has 0 spiro atoms. The second-order valence-corrected chi connectivity index (χ2v) is 8.19. The minimum Gasteiger partial charge on any atom is -0.398 e. The number of nitrogens with zero attached hydrogens (tertiary/aromatic N) is 5. The first-order chi connectivity index (χ1) is 15.0. The Morgan fingerprint density at radius 2 is 1.35 bits per heavy atom. The highest BCUT2D eigenvalue weighted by Gasteiger charge is 2.12. The summed E-state index contributed by atoms with van der Waals surface area (Å²) >= 11 is 1.49. The molecule has 6 nitrogen and oxygen atoms in total. The van der Waals surface area contributed by atoms with Crippen molar-refractivity contribution in [2.24, 2.45) is 0 Å². The Morgan fingerprint density at radius 1 is 0.677 bits per heavy atom. The van der Waals surface area contributed by atoms with E-state index in [1.54, 1.807) is 0 Å². The molecule has 0 amide bonds. The van der Waals surface area contributed by atoms with E-state index >= 15 is 0 Å². The third-order valence-corrected chi connectivity index (χ3v) is 5.66. The summed E-state index contributed by atoms with van der Waals surface area (Å²) in [5.41, 5.74) is 12.4. The minimum absolute atomic E-state index is 0.610. The normalized spacial score (nSPS) is 11.3. The molecule has 0 aliphatic heterocycles. The molecule has 7 heteroatoms. The van der Waals surface area contributed by atoms with Crippen molar-refractivity contribution < 1.29 is 0 Å². The fourth-order valence-corrected chi connectivity index (χ4v) is 3.96. The Hall–Kier alpha value is -3.58. The number of aromatic nitrogens is 5. The Labute approximate surface area is 184 Å². The fraction of sp³-hybridized carbons (Fsp3) is 0.125. The molecule has 0 radical (unpaired) electrons. The quantitative estimate of drug-likeness (QED) is 0.397. The lowest BCUT2D eigenvalue weighted by atomic mass is 10.1. The molecule has 3 heterocycles. The van der Waals surface area contributed by atoms with Crippen LogP contribution in [0.5, 0.6) is 0 Å². The highest BCUT2D eigenvalue weighted by Crippen LogP contribution is 2.29. The van der Waals surface area contributed by atoms with Crippen molar-refractivity contribution in [3.8, 4) is 22.8 Å². The predicted molar refractivity (Wildman–Crippen MR) is 127 cm³/mol. The van der Waals surface area contributed by atoms with Crippen molar-refractivity contribution in [3.63, 3.8) is 0 Å². The van der Waals surface area contributed by atoms with Crippen molar-refractivity contribution in [3.05, 3.63) is 66.0 Å². The van der Waals surface area contributed by atoms with Gasteiger partial charge in [-0.1, -0.05) is 17.8 Å². The maximum atomic E-state index is 6.24. The molecule has 5 rings (SSSR count). The number of thioether (sulfide) groups is 1. The monoisotopic (exact) mass is 424 g/mol. The molecule has 0 fully saturated rings. The average Bonchev–Trinajstić information content (AvgIpc) is 2.78. The molecule has 2 N–H and O–H groups in total. The lowest BCUT2D eigenvalue weighted by Gasteiger charge is -2.09. The van der Waals surface area contributed by atoms with Crippen molar-refractivity contribution in [2.75, 3.05) is 12.0 Å². The summed E-state index contributed by atoms with van der Waals surface area (Å²) in [6.07, 6.45) is 1.96. The number of fused-ring (bicyclic) bond motifs is 2. The van der Waals surface area contributed by atoms with E-state index in [2.05, 4.69) is 32.1 Å². The number of hydrogen-bond acceptors (Lipinski definition) is 7. The molecule has 0 aliphatic carbocycles. The van der Waals surface area contributed by atoms with Gasteiger partial charge in [-0.2, -0.15) is 0 Å². The summed E-state index contributed by atoms with van der Waals surface area (Å²) in [5.74, 6) is 1.24. The van der Waals surface area contributed by atoms with Gasteiger partial charge in [-0.25, -0.2) is 15.0 Å². The van der Waals surface area contributed by atoms with Gasteiger partial charge in [0.15, 0.2) is 16.8 Å². The van der Waals surface area contributed by atoms with Gasteiger partial charge in [0.2, 0.25) is 0 Å². The van der Waals surface area contributed by atoms with E-state index in [1.807, 2.05) is 62.6 Å². The van der Waals surface area contributed by atoms with Crippen LogP contribution in [0.4, 0.5) is 5.69 Å². The molecule has 31 heavy (non-hydrogen) atoms. The van der Waals surface area contributed by atoms with E-state index in [1.165, 1.54) is 11.8 Å². The topological polar surface area (TPSA) is 90.5 Å². The van der Waals surface area contributed by atoms with Crippen LogP contribution in [-0.4, -0.2) is 31.2 Å². The van der Waals surface area contributed by atoms with E-state index in [4.69, 9.17) is 10.7 Å². The van der Waals surface area contributed by atoms with Crippen molar-refractivity contribution >= 4 is 39.3 Å². The molecule has 0 bridgehead atoms. The highest BCUT2D eigenvalue weighted by molar-refractivity contribution is 7.98. The molecule has 0 aliphatic rings. The van der Waals surface area contributed by atoms with Crippen LogP contribution in [0, 0.1) is 13.8 Å². The van der Waals surface area contributed by atoms with E-state index < -0.39 is 0 Å². The Morgan fingerprint density at radius 3 is 2.10 bits per heavy atom. The van der Waals surface area contributed by atoms with Crippen LogP contribution in [0.3, 0.4) is 0 Å². The molecule has 0 unspecified atom stereocenters. The van der Waals surface area contributed by atoms with E-state index in [-0.39, 0.29) is 0 Å². The summed E-state index contributed by atoms with van der Waals surface area (Å²) in [6.45, 7) is 3.93. The third-order valence-electron chi connectivity index (χ3n) is 5.11. The van der Waals surface area contributed by atoms with Gasteiger partial charge in [-0.3, -0.25) is 9.97 Å². The SMILES string of the molecule is CSc1nc(-c2ccc3nc(C)ccc3c2)nc(-c2ccc3nc(C)cc(N)c3c2)n1. The van der Waals surface area contributed by atoms with E-state index in [0.29, 0.717) is 22.5 Å². The second kappa shape index (κ2) is 7.59. The summed E-state index contributed by atoms with van der Waals surface area (Å²) in [5, 5.41) is 2.61. The van der Waals surface area contributed by atoms with Gasteiger partial charge in [0.05, 0.1) is 11.0 Å². The first kappa shape index (κ1) is 19.4. The Balaban J connectivity index is 1.65. The van der Waals surface area contributed by atoms with Crippen LogP contribution in [0.15, 0.2) is 59.8 Å². The van der Waals surface area contributed by atoms with Crippen molar-refractivity contribution in [2.45, 2.75) is 19.0 Å². The number of benzene rings is 2. The zero-order valence-corrected chi connectivity index (χ0v) is 18.2. The van der Waals surface area contributed by atoms with Crippen LogP contribution in [0.1, 0.15) is 11.4 Å². The van der Waals surface area contributed by atoms with Crippen LogP contribution in [0.2, 0.25) is 0 Å². The van der Waals surface area contributed by atoms with Gasteiger partial charge in [0, 0.05) is 39.0 Å². The van der Waals surface area contributed by atoms with Crippen LogP contribution in [-0.2, 0) is 0 Å². The summed E-state index contributed by atoms with van der Waals surface area (Å²) in [4.78, 5) is 23.2. The van der Waals surface area contributed by atoms with Gasteiger partial charge in [0.1, 0.15) is 0 Å². The van der Waals surface area contributed by atoms with Gasteiger partial charge in [0.25, 0.3) is 0 Å². The summed E-state index contributed by atoms with van der Waals surface area (Å²) in [7, 11) is 0. The number of anilines is 1. The van der Waals surface area contributed by atoms with Crippen LogP contribution < -0.4 is 5.73 Å². The molecule has 3 aromatic heterocycles. The average molecular weight is 425 g/mol. The number of nitrogen functional groups attached to an aromatic ring is 1. The number of aryl methyl sites for hydroxylation is 2.